The van der Waals surface area contributed by atoms with Gasteiger partial charge in [0.2, 0.25) is 0 Å². The molecule has 1 saturated carbocycles. The number of hydrogen-bond acceptors (Lipinski definition) is 4. The minimum atomic E-state index is -0.819. The molecule has 0 bridgehead atoms. The molecule has 0 spiro atoms. The van der Waals surface area contributed by atoms with Crippen LogP contribution in [0.5, 0.6) is 0 Å². The molecule has 1 aromatic heterocycles. The summed E-state index contributed by atoms with van der Waals surface area (Å²) in [5.74, 6) is -0.819. The van der Waals surface area contributed by atoms with Gasteiger partial charge in [-0.05, 0) is 44.0 Å². The van der Waals surface area contributed by atoms with Crippen molar-refractivity contribution in [2.24, 2.45) is 0 Å². The molecule has 3 rings (SSSR count). The molecule has 0 aliphatic heterocycles. The maximum Gasteiger partial charge on any atom is 0.319 e. The molecule has 25 heavy (non-hydrogen) atoms. The van der Waals surface area contributed by atoms with Crippen molar-refractivity contribution < 1.29 is 14.7 Å². The number of urea groups is 1. The molecule has 134 valence electrons. The molecule has 8 heteroatoms. The Labute approximate surface area is 145 Å². The summed E-state index contributed by atoms with van der Waals surface area (Å²) in [6, 6.07) is 3.81. The lowest BCUT2D eigenvalue weighted by molar-refractivity contribution is -0.139. The van der Waals surface area contributed by atoms with Crippen LogP contribution in [0.1, 0.15) is 25.3 Å². The van der Waals surface area contributed by atoms with Crippen molar-refractivity contribution in [3.05, 3.63) is 23.9 Å². The molecule has 8 nitrogen and oxygen atoms in total. The zero-order chi connectivity index (χ0) is 18.0. The monoisotopic (exact) mass is 345 g/mol. The topological polar surface area (TPSA) is 110 Å². The number of benzene rings is 1. The van der Waals surface area contributed by atoms with E-state index in [1.807, 2.05) is 30.9 Å². The van der Waals surface area contributed by atoms with E-state index >= 15 is 0 Å². The molecule has 0 radical (unpaired) electrons. The van der Waals surface area contributed by atoms with Gasteiger partial charge in [0, 0.05) is 23.2 Å². The summed E-state index contributed by atoms with van der Waals surface area (Å²) in [5, 5.41) is 22.6. The Bertz CT molecular complexity index is 782. The van der Waals surface area contributed by atoms with Crippen molar-refractivity contribution in [1.82, 2.24) is 20.4 Å². The fourth-order valence-electron chi connectivity index (χ4n) is 3.33. The highest BCUT2D eigenvalue weighted by Crippen LogP contribution is 2.26. The summed E-state index contributed by atoms with van der Waals surface area (Å²) in [5.41, 5.74) is 2.63. The Balaban J connectivity index is 1.51. The standard InChI is InChI=1S/C17H23N5O3/c1-3-22(9-16(23)24)13-5-12(6-13)20-17(25)19-11-4-10(2)14-8-18-21-15(14)7-11/h4,7-8,12-13H,3,5-6,9H2,1-2H3,(H,18,21)(H,23,24)(H2,19,20,25). The number of aryl methyl sites for hydroxylation is 1. The van der Waals surface area contributed by atoms with Gasteiger partial charge >= 0.3 is 12.0 Å². The molecule has 1 heterocycles. The Hall–Kier alpha value is -2.61. The number of likely N-dealkylation sites (N-methyl/N-ethyl adjacent to an activating group) is 1. The average Bonchev–Trinajstić information content (AvgIpc) is 2.97. The lowest BCUT2D eigenvalue weighted by atomic mass is 9.85. The van der Waals surface area contributed by atoms with Crippen molar-refractivity contribution in [1.29, 1.82) is 0 Å². The molecule has 1 aliphatic carbocycles. The highest BCUT2D eigenvalue weighted by atomic mass is 16.4. The second-order valence-corrected chi connectivity index (χ2v) is 6.50. The molecule has 0 unspecified atom stereocenters. The van der Waals surface area contributed by atoms with Crippen LogP contribution in [0.2, 0.25) is 0 Å². The molecule has 1 aliphatic rings. The maximum atomic E-state index is 12.2. The Morgan fingerprint density at radius 3 is 2.84 bits per heavy atom. The van der Waals surface area contributed by atoms with E-state index in [0.29, 0.717) is 12.2 Å². The van der Waals surface area contributed by atoms with Gasteiger partial charge in [0.05, 0.1) is 18.3 Å². The molecule has 2 aromatic rings. The summed E-state index contributed by atoms with van der Waals surface area (Å²) in [4.78, 5) is 24.9. The van der Waals surface area contributed by atoms with Gasteiger partial charge in [-0.25, -0.2) is 4.79 Å². The van der Waals surface area contributed by atoms with Crippen molar-refractivity contribution in [3.8, 4) is 0 Å². The first kappa shape index (κ1) is 17.2. The second-order valence-electron chi connectivity index (χ2n) is 6.50. The number of aromatic amines is 1. The number of carboxylic acids is 1. The van der Waals surface area contributed by atoms with Crippen molar-refractivity contribution in [2.75, 3.05) is 18.4 Å². The third-order valence-corrected chi connectivity index (χ3v) is 4.73. The lowest BCUT2D eigenvalue weighted by Crippen LogP contribution is -2.55. The van der Waals surface area contributed by atoms with E-state index < -0.39 is 5.97 Å². The van der Waals surface area contributed by atoms with E-state index in [2.05, 4.69) is 20.8 Å². The van der Waals surface area contributed by atoms with Crippen LogP contribution in [0.15, 0.2) is 18.3 Å². The van der Waals surface area contributed by atoms with E-state index in [-0.39, 0.29) is 24.7 Å². The number of hydrogen-bond donors (Lipinski definition) is 4. The molecule has 1 fully saturated rings. The van der Waals surface area contributed by atoms with Crippen LogP contribution in [0.3, 0.4) is 0 Å². The van der Waals surface area contributed by atoms with E-state index in [1.165, 1.54) is 0 Å². The number of carboxylic acid groups (broad SMARTS) is 1. The van der Waals surface area contributed by atoms with Crippen LogP contribution in [0.25, 0.3) is 10.9 Å². The van der Waals surface area contributed by atoms with Gasteiger partial charge < -0.3 is 15.7 Å². The van der Waals surface area contributed by atoms with Gasteiger partial charge in [0.15, 0.2) is 0 Å². The zero-order valence-corrected chi connectivity index (χ0v) is 14.4. The highest BCUT2D eigenvalue weighted by Gasteiger charge is 2.34. The second kappa shape index (κ2) is 7.10. The number of fused-ring (bicyclic) bond motifs is 1. The normalized spacial score (nSPS) is 19.6. The maximum absolute atomic E-state index is 12.2. The van der Waals surface area contributed by atoms with Gasteiger partial charge in [0.25, 0.3) is 0 Å². The fraction of sp³-hybridized carbons (Fsp3) is 0.471. The number of nitrogens with one attached hydrogen (secondary N) is 3. The van der Waals surface area contributed by atoms with Crippen LogP contribution >= 0.6 is 0 Å². The number of carbonyl (C=O) groups excluding carboxylic acids is 1. The third-order valence-electron chi connectivity index (χ3n) is 4.73. The van der Waals surface area contributed by atoms with Crippen LogP contribution in [-0.4, -0.2) is 57.4 Å². The summed E-state index contributed by atoms with van der Waals surface area (Å²) in [6.07, 6.45) is 3.31. The zero-order valence-electron chi connectivity index (χ0n) is 14.4. The largest absolute Gasteiger partial charge is 0.480 e. The number of rotatable bonds is 6. The Morgan fingerprint density at radius 2 is 2.16 bits per heavy atom. The average molecular weight is 345 g/mol. The number of aliphatic carboxylic acids is 1. The van der Waals surface area contributed by atoms with Crippen LogP contribution in [0.4, 0.5) is 10.5 Å². The van der Waals surface area contributed by atoms with Crippen LogP contribution in [-0.2, 0) is 4.79 Å². The molecule has 0 atom stereocenters. The van der Waals surface area contributed by atoms with Crippen LogP contribution in [0, 0.1) is 6.92 Å². The van der Waals surface area contributed by atoms with E-state index in [9.17, 15) is 9.59 Å². The smallest absolute Gasteiger partial charge is 0.319 e. The Kier molecular flexibility index (Phi) is 4.89. The molecule has 4 N–H and O–H groups in total. The minimum absolute atomic E-state index is 0.0452. The third kappa shape index (κ3) is 3.90. The number of nitrogens with zero attached hydrogens (tertiary/aromatic N) is 2. The van der Waals surface area contributed by atoms with Gasteiger partial charge in [-0.3, -0.25) is 14.8 Å². The lowest BCUT2D eigenvalue weighted by Gasteiger charge is -2.42. The predicted molar refractivity (Wildman–Crippen MR) is 94.7 cm³/mol. The van der Waals surface area contributed by atoms with Gasteiger partial charge in [-0.1, -0.05) is 6.92 Å². The number of carbonyl (C=O) groups is 2. The van der Waals surface area contributed by atoms with Gasteiger partial charge in [-0.15, -0.1) is 0 Å². The van der Waals surface area contributed by atoms with E-state index in [1.54, 1.807) is 6.20 Å². The van der Waals surface area contributed by atoms with E-state index in [4.69, 9.17) is 5.11 Å². The van der Waals surface area contributed by atoms with E-state index in [0.717, 1.165) is 29.3 Å². The first-order chi connectivity index (χ1) is 12.0. The molecule has 2 amide bonds. The fourth-order valence-corrected chi connectivity index (χ4v) is 3.33. The number of anilines is 1. The van der Waals surface area contributed by atoms with Crippen LogP contribution < -0.4 is 10.6 Å². The first-order valence-corrected chi connectivity index (χ1v) is 8.43. The minimum Gasteiger partial charge on any atom is -0.480 e. The van der Waals surface area contributed by atoms with Crippen molar-refractivity contribution in [2.45, 2.75) is 38.8 Å². The summed E-state index contributed by atoms with van der Waals surface area (Å²) < 4.78 is 0. The molecule has 0 saturated heterocycles. The highest BCUT2D eigenvalue weighted by molar-refractivity contribution is 5.93. The summed E-state index contributed by atoms with van der Waals surface area (Å²) in [7, 11) is 0. The Morgan fingerprint density at radius 1 is 1.40 bits per heavy atom. The number of amides is 2. The number of H-pyrrole nitrogens is 1. The van der Waals surface area contributed by atoms with Crippen molar-refractivity contribution >= 4 is 28.6 Å². The molecule has 1 aromatic carbocycles. The van der Waals surface area contributed by atoms with Crippen molar-refractivity contribution in [3.63, 3.8) is 0 Å². The predicted octanol–water partition coefficient (Wildman–Crippen LogP) is 1.93. The van der Waals surface area contributed by atoms with Gasteiger partial charge in [0.1, 0.15) is 0 Å². The summed E-state index contributed by atoms with van der Waals surface area (Å²) in [6.45, 7) is 4.66. The quantitative estimate of drug-likeness (QED) is 0.639. The SMILES string of the molecule is CCN(CC(=O)O)C1CC(NC(=O)Nc2cc(C)c3cn[nH]c3c2)C1. The molecular weight excluding hydrogens is 322 g/mol. The van der Waals surface area contributed by atoms with Gasteiger partial charge in [-0.2, -0.15) is 5.10 Å². The molecular formula is C17H23N5O3. The first-order valence-electron chi connectivity index (χ1n) is 8.43. The number of aromatic nitrogens is 2. The summed E-state index contributed by atoms with van der Waals surface area (Å²) >= 11 is 0.